The Balaban J connectivity index is 1.84. The zero-order valence-electron chi connectivity index (χ0n) is 11.0. The molecule has 0 aliphatic carbocycles. The first kappa shape index (κ1) is 13.0. The van der Waals surface area contributed by atoms with Crippen LogP contribution in [0.25, 0.3) is 0 Å². The highest BCUT2D eigenvalue weighted by molar-refractivity contribution is 7.09. The number of piperidine rings is 1. The van der Waals surface area contributed by atoms with Crippen LogP contribution >= 0.6 is 11.3 Å². The molecule has 1 aromatic rings. The van der Waals surface area contributed by atoms with E-state index < -0.39 is 0 Å². The lowest BCUT2D eigenvalue weighted by molar-refractivity contribution is 0.0251. The Bertz CT molecular complexity index is 351. The Morgan fingerprint density at radius 1 is 1.53 bits per heavy atom. The van der Waals surface area contributed by atoms with Crippen molar-refractivity contribution in [2.45, 2.75) is 51.7 Å². The van der Waals surface area contributed by atoms with Crippen molar-refractivity contribution in [2.75, 3.05) is 13.1 Å². The number of aromatic nitrogens is 1. The minimum atomic E-state index is 0.140. The van der Waals surface area contributed by atoms with Crippen molar-refractivity contribution < 1.29 is 4.74 Å². The minimum absolute atomic E-state index is 0.140. The van der Waals surface area contributed by atoms with Crippen LogP contribution in [0.1, 0.15) is 44.3 Å². The molecule has 0 amide bonds. The van der Waals surface area contributed by atoms with Crippen molar-refractivity contribution in [1.82, 2.24) is 10.3 Å². The van der Waals surface area contributed by atoms with Crippen LogP contribution in [0.15, 0.2) is 5.38 Å². The van der Waals surface area contributed by atoms with Crippen molar-refractivity contribution in [3.63, 3.8) is 0 Å². The molecule has 1 aromatic heterocycles. The third-order valence-electron chi connectivity index (χ3n) is 3.01. The molecule has 1 aliphatic heterocycles. The quantitative estimate of drug-likeness (QED) is 0.900. The van der Waals surface area contributed by atoms with E-state index in [2.05, 4.69) is 36.5 Å². The molecule has 0 unspecified atom stereocenters. The molecule has 4 heteroatoms. The van der Waals surface area contributed by atoms with Crippen LogP contribution in [0.4, 0.5) is 0 Å². The standard InChI is InChI=1S/C13H22N2OS/c1-13(2,3)11-9-17-12(15-11)8-16-10-5-4-6-14-7-10/h9-10,14H,4-8H2,1-3H3/t10-/m0/s1. The van der Waals surface area contributed by atoms with Gasteiger partial charge in [-0.3, -0.25) is 0 Å². The predicted octanol–water partition coefficient (Wildman–Crippen LogP) is 2.71. The van der Waals surface area contributed by atoms with Gasteiger partial charge in [0, 0.05) is 17.3 Å². The number of nitrogens with zero attached hydrogens (tertiary/aromatic N) is 1. The van der Waals surface area contributed by atoms with Crippen molar-refractivity contribution >= 4 is 11.3 Å². The molecule has 0 bridgehead atoms. The summed E-state index contributed by atoms with van der Waals surface area (Å²) in [5.74, 6) is 0. The summed E-state index contributed by atoms with van der Waals surface area (Å²) >= 11 is 1.71. The second-order valence-corrected chi connectivity index (χ2v) is 6.60. The second kappa shape index (κ2) is 5.46. The molecule has 0 spiro atoms. The Hall–Kier alpha value is -0.450. The van der Waals surface area contributed by atoms with E-state index in [9.17, 15) is 0 Å². The van der Waals surface area contributed by atoms with Gasteiger partial charge in [0.15, 0.2) is 0 Å². The average Bonchev–Trinajstić information content (AvgIpc) is 2.76. The van der Waals surface area contributed by atoms with Gasteiger partial charge in [-0.05, 0) is 19.4 Å². The second-order valence-electron chi connectivity index (χ2n) is 5.66. The summed E-state index contributed by atoms with van der Waals surface area (Å²) in [6, 6.07) is 0. The van der Waals surface area contributed by atoms with E-state index in [0.717, 1.165) is 18.1 Å². The maximum atomic E-state index is 5.88. The van der Waals surface area contributed by atoms with Gasteiger partial charge in [0.1, 0.15) is 5.01 Å². The highest BCUT2D eigenvalue weighted by atomic mass is 32.1. The normalized spacial score (nSPS) is 21.7. The van der Waals surface area contributed by atoms with E-state index in [-0.39, 0.29) is 5.41 Å². The van der Waals surface area contributed by atoms with E-state index in [1.165, 1.54) is 18.5 Å². The summed E-state index contributed by atoms with van der Waals surface area (Å²) < 4.78 is 5.88. The molecule has 1 N–H and O–H groups in total. The first-order valence-electron chi connectivity index (χ1n) is 6.33. The average molecular weight is 254 g/mol. The molecule has 2 rings (SSSR count). The smallest absolute Gasteiger partial charge is 0.119 e. The lowest BCUT2D eigenvalue weighted by Gasteiger charge is -2.22. The van der Waals surface area contributed by atoms with Crippen LogP contribution < -0.4 is 5.32 Å². The van der Waals surface area contributed by atoms with Gasteiger partial charge < -0.3 is 10.1 Å². The van der Waals surface area contributed by atoms with Crippen LogP contribution in [0.3, 0.4) is 0 Å². The molecule has 17 heavy (non-hydrogen) atoms. The summed E-state index contributed by atoms with van der Waals surface area (Å²) in [4.78, 5) is 4.64. The van der Waals surface area contributed by atoms with E-state index >= 15 is 0 Å². The van der Waals surface area contributed by atoms with Gasteiger partial charge in [0.2, 0.25) is 0 Å². The summed E-state index contributed by atoms with van der Waals surface area (Å²) in [6.45, 7) is 9.35. The van der Waals surface area contributed by atoms with Crippen LogP contribution in [0.5, 0.6) is 0 Å². The van der Waals surface area contributed by atoms with E-state index in [0.29, 0.717) is 12.7 Å². The molecular weight excluding hydrogens is 232 g/mol. The van der Waals surface area contributed by atoms with Gasteiger partial charge in [-0.25, -0.2) is 4.98 Å². The van der Waals surface area contributed by atoms with Crippen LogP contribution in [0, 0.1) is 0 Å². The molecule has 1 fully saturated rings. The van der Waals surface area contributed by atoms with E-state index in [1.54, 1.807) is 11.3 Å². The monoisotopic (exact) mass is 254 g/mol. The van der Waals surface area contributed by atoms with Gasteiger partial charge in [-0.2, -0.15) is 0 Å². The Morgan fingerprint density at radius 3 is 2.94 bits per heavy atom. The maximum Gasteiger partial charge on any atom is 0.119 e. The lowest BCUT2D eigenvalue weighted by Crippen LogP contribution is -2.35. The number of nitrogens with one attached hydrogen (secondary N) is 1. The van der Waals surface area contributed by atoms with Crippen LogP contribution in [0.2, 0.25) is 0 Å². The summed E-state index contributed by atoms with van der Waals surface area (Å²) in [7, 11) is 0. The van der Waals surface area contributed by atoms with Crippen molar-refractivity contribution in [2.24, 2.45) is 0 Å². The van der Waals surface area contributed by atoms with E-state index in [4.69, 9.17) is 4.74 Å². The van der Waals surface area contributed by atoms with Gasteiger partial charge >= 0.3 is 0 Å². The van der Waals surface area contributed by atoms with Gasteiger partial charge in [-0.15, -0.1) is 11.3 Å². The lowest BCUT2D eigenvalue weighted by atomic mass is 9.93. The number of rotatable bonds is 3. The fraction of sp³-hybridized carbons (Fsp3) is 0.769. The number of ether oxygens (including phenoxy) is 1. The minimum Gasteiger partial charge on any atom is -0.370 e. The topological polar surface area (TPSA) is 34.1 Å². The summed E-state index contributed by atoms with van der Waals surface area (Å²) in [6.07, 6.45) is 2.76. The highest BCUT2D eigenvalue weighted by Gasteiger charge is 2.18. The Labute approximate surface area is 108 Å². The molecule has 96 valence electrons. The van der Waals surface area contributed by atoms with Crippen LogP contribution in [-0.4, -0.2) is 24.2 Å². The maximum absolute atomic E-state index is 5.88. The molecule has 3 nitrogen and oxygen atoms in total. The fourth-order valence-electron chi connectivity index (χ4n) is 1.87. The summed E-state index contributed by atoms with van der Waals surface area (Å²) in [5.41, 5.74) is 1.31. The zero-order chi connectivity index (χ0) is 12.3. The summed E-state index contributed by atoms with van der Waals surface area (Å²) in [5, 5.41) is 6.61. The largest absolute Gasteiger partial charge is 0.370 e. The first-order chi connectivity index (χ1) is 8.05. The van der Waals surface area contributed by atoms with Crippen molar-refractivity contribution in [3.05, 3.63) is 16.1 Å². The molecule has 0 radical (unpaired) electrons. The van der Waals surface area contributed by atoms with Crippen molar-refractivity contribution in [3.8, 4) is 0 Å². The van der Waals surface area contributed by atoms with E-state index in [1.807, 2.05) is 0 Å². The SMILES string of the molecule is CC(C)(C)c1csc(CO[C@H]2CCCNC2)n1. The Kier molecular flexibility index (Phi) is 4.17. The first-order valence-corrected chi connectivity index (χ1v) is 7.21. The third-order valence-corrected chi connectivity index (χ3v) is 3.84. The molecule has 1 atom stereocenters. The molecule has 0 aromatic carbocycles. The third kappa shape index (κ3) is 3.76. The molecule has 1 saturated heterocycles. The molecule has 1 aliphatic rings. The Morgan fingerprint density at radius 2 is 2.35 bits per heavy atom. The number of thiazole rings is 1. The zero-order valence-corrected chi connectivity index (χ0v) is 11.8. The number of hydrogen-bond acceptors (Lipinski definition) is 4. The van der Waals surface area contributed by atoms with Gasteiger partial charge in [0.25, 0.3) is 0 Å². The molecule has 2 heterocycles. The van der Waals surface area contributed by atoms with Gasteiger partial charge in [-0.1, -0.05) is 20.8 Å². The number of hydrogen-bond donors (Lipinski definition) is 1. The molecular formula is C13H22N2OS. The highest BCUT2D eigenvalue weighted by Crippen LogP contribution is 2.24. The van der Waals surface area contributed by atoms with Crippen LogP contribution in [-0.2, 0) is 16.8 Å². The fourth-order valence-corrected chi connectivity index (χ4v) is 2.81. The predicted molar refractivity (Wildman–Crippen MR) is 71.5 cm³/mol. The van der Waals surface area contributed by atoms with Gasteiger partial charge in [0.05, 0.1) is 18.4 Å². The molecule has 0 saturated carbocycles. The van der Waals surface area contributed by atoms with Crippen molar-refractivity contribution in [1.29, 1.82) is 0 Å².